The van der Waals surface area contributed by atoms with Crippen molar-refractivity contribution in [1.29, 1.82) is 0 Å². The fourth-order valence-electron chi connectivity index (χ4n) is 2.48. The fraction of sp³-hybridized carbons (Fsp3) is 0.200. The summed E-state index contributed by atoms with van der Waals surface area (Å²) in [5.41, 5.74) is 11.2. The van der Waals surface area contributed by atoms with Gasteiger partial charge in [-0.1, -0.05) is 79.8 Å². The number of para-hydroxylation sites is 1. The molecule has 4 nitrogen and oxygen atoms in total. The first-order chi connectivity index (χ1) is 14.5. The van der Waals surface area contributed by atoms with Crippen LogP contribution in [0.1, 0.15) is 37.0 Å². The number of hydrogen-bond donors (Lipinski definition) is 2. The van der Waals surface area contributed by atoms with Gasteiger partial charge >= 0.3 is 0 Å². The number of rotatable bonds is 6. The molecule has 5 heteroatoms. The molecule has 0 aliphatic rings. The molecular weight excluding hydrogens is 388 g/mol. The molecule has 0 aliphatic heterocycles. The minimum atomic E-state index is 0.753. The van der Waals surface area contributed by atoms with E-state index in [0.717, 1.165) is 39.6 Å². The lowest BCUT2D eigenvalue weighted by molar-refractivity contribution is 1.14. The smallest absolute Gasteiger partial charge is 0.0992 e. The molecule has 0 atom stereocenters. The number of aliphatic imine (C=N–C) groups is 1. The third-order valence-electron chi connectivity index (χ3n) is 4.26. The van der Waals surface area contributed by atoms with E-state index in [4.69, 9.17) is 11.6 Å². The molecule has 30 heavy (non-hydrogen) atoms. The molecule has 4 N–H and O–H groups in total. The zero-order valence-electron chi connectivity index (χ0n) is 18.3. The predicted octanol–water partition coefficient (Wildman–Crippen LogP) is 6.10. The summed E-state index contributed by atoms with van der Waals surface area (Å²) >= 11 is 1.62. The highest BCUT2D eigenvalue weighted by molar-refractivity contribution is 8.13. The van der Waals surface area contributed by atoms with Crippen LogP contribution in [0.5, 0.6) is 0 Å². The predicted molar refractivity (Wildman–Crippen MR) is 136 cm³/mol. The van der Waals surface area contributed by atoms with Gasteiger partial charge < -0.3 is 11.6 Å². The van der Waals surface area contributed by atoms with E-state index in [1.165, 1.54) is 5.56 Å². The van der Waals surface area contributed by atoms with Crippen LogP contribution >= 0.6 is 11.8 Å². The number of nitrogens with two attached hydrogens (primary N) is 2. The molecule has 0 unspecified atom stereocenters. The van der Waals surface area contributed by atoms with Crippen molar-refractivity contribution in [2.75, 3.05) is 6.26 Å². The molecule has 0 aromatic heterocycles. The lowest BCUT2D eigenvalue weighted by Gasteiger charge is -2.09. The Hall–Kier alpha value is -3.05. The van der Waals surface area contributed by atoms with Gasteiger partial charge in [0.25, 0.3) is 0 Å². The SMILES string of the molecule is C=C/C=C\C(=C/N)CC.CSC(C)=Nc1ccccc1/C(=N\N)c1ccc(C)cc1. The van der Waals surface area contributed by atoms with Crippen molar-refractivity contribution in [3.8, 4) is 0 Å². The van der Waals surface area contributed by atoms with Crippen LogP contribution in [-0.2, 0) is 0 Å². The van der Waals surface area contributed by atoms with Gasteiger partial charge in [-0.05, 0) is 44.4 Å². The highest BCUT2D eigenvalue weighted by Crippen LogP contribution is 2.24. The average molecular weight is 421 g/mol. The quantitative estimate of drug-likeness (QED) is 0.195. The zero-order valence-corrected chi connectivity index (χ0v) is 19.1. The van der Waals surface area contributed by atoms with Crippen LogP contribution in [-0.4, -0.2) is 17.0 Å². The van der Waals surface area contributed by atoms with E-state index in [2.05, 4.69) is 42.7 Å². The van der Waals surface area contributed by atoms with Gasteiger partial charge in [-0.2, -0.15) is 5.10 Å². The van der Waals surface area contributed by atoms with Crippen molar-refractivity contribution in [2.24, 2.45) is 21.7 Å². The summed E-state index contributed by atoms with van der Waals surface area (Å²) in [7, 11) is 0. The van der Waals surface area contributed by atoms with Crippen LogP contribution in [0.4, 0.5) is 5.69 Å². The first-order valence-electron chi connectivity index (χ1n) is 9.74. The van der Waals surface area contributed by atoms with Crippen LogP contribution in [0, 0.1) is 6.92 Å². The third kappa shape index (κ3) is 8.13. The minimum absolute atomic E-state index is 0.753. The van der Waals surface area contributed by atoms with Gasteiger partial charge in [0.2, 0.25) is 0 Å². The number of aryl methyl sites for hydroxylation is 1. The van der Waals surface area contributed by atoms with E-state index < -0.39 is 0 Å². The molecule has 0 amide bonds. The summed E-state index contributed by atoms with van der Waals surface area (Å²) in [6.45, 7) is 9.66. The Morgan fingerprint density at radius 1 is 1.13 bits per heavy atom. The maximum absolute atomic E-state index is 5.64. The Bertz CT molecular complexity index is 922. The highest BCUT2D eigenvalue weighted by atomic mass is 32.2. The Morgan fingerprint density at radius 2 is 1.80 bits per heavy atom. The topological polar surface area (TPSA) is 76.8 Å². The van der Waals surface area contributed by atoms with Crippen LogP contribution in [0.3, 0.4) is 0 Å². The summed E-state index contributed by atoms with van der Waals surface area (Å²) in [5.74, 6) is 5.64. The Morgan fingerprint density at radius 3 is 2.33 bits per heavy atom. The number of benzene rings is 2. The molecule has 0 bridgehead atoms. The van der Waals surface area contributed by atoms with Crippen molar-refractivity contribution in [3.63, 3.8) is 0 Å². The van der Waals surface area contributed by atoms with Crippen molar-refractivity contribution in [1.82, 2.24) is 0 Å². The Kier molecular flexibility index (Phi) is 11.7. The molecule has 2 rings (SSSR count). The molecule has 2 aromatic rings. The van der Waals surface area contributed by atoms with Gasteiger partial charge in [0.1, 0.15) is 0 Å². The van der Waals surface area contributed by atoms with E-state index in [0.29, 0.717) is 0 Å². The van der Waals surface area contributed by atoms with Gasteiger partial charge in [0.05, 0.1) is 16.4 Å². The van der Waals surface area contributed by atoms with E-state index in [1.807, 2.05) is 61.7 Å². The largest absolute Gasteiger partial charge is 0.404 e. The van der Waals surface area contributed by atoms with Gasteiger partial charge in [0.15, 0.2) is 0 Å². The molecule has 0 saturated heterocycles. The Labute approximate surface area is 185 Å². The van der Waals surface area contributed by atoms with Gasteiger partial charge in [-0.15, -0.1) is 11.8 Å². The first-order valence-corrected chi connectivity index (χ1v) is 11.0. The summed E-state index contributed by atoms with van der Waals surface area (Å²) in [5, 5.41) is 5.00. The van der Waals surface area contributed by atoms with Crippen molar-refractivity contribution in [2.45, 2.75) is 27.2 Å². The lowest BCUT2D eigenvalue weighted by atomic mass is 10.00. The van der Waals surface area contributed by atoms with E-state index in [-0.39, 0.29) is 0 Å². The van der Waals surface area contributed by atoms with E-state index in [1.54, 1.807) is 24.0 Å². The molecule has 0 fully saturated rings. The lowest BCUT2D eigenvalue weighted by Crippen LogP contribution is -2.07. The number of nitrogens with zero attached hydrogens (tertiary/aromatic N) is 2. The third-order valence-corrected chi connectivity index (χ3v) is 4.94. The normalized spacial score (nSPS) is 12.5. The second-order valence-corrected chi connectivity index (χ2v) is 7.38. The number of thioether (sulfide) groups is 1. The summed E-state index contributed by atoms with van der Waals surface area (Å²) in [4.78, 5) is 4.63. The van der Waals surface area contributed by atoms with Gasteiger partial charge in [0, 0.05) is 11.1 Å². The zero-order chi connectivity index (χ0) is 22.4. The molecule has 0 radical (unpaired) electrons. The summed E-state index contributed by atoms with van der Waals surface area (Å²) in [6, 6.07) is 16.1. The standard InChI is InChI=1S/C17H19N3S.C8H13N/c1-12-8-10-14(11-9-12)17(20-18)15-6-4-5-7-16(15)19-13(2)21-3;1-3-5-6-8(4-2)7-9/h4-11H,18H2,1-3H3;3,5-7H,1,4,9H2,2H3/b19-13?,20-17-;6-5-,8-7-. The second kappa shape index (κ2) is 14.0. The summed E-state index contributed by atoms with van der Waals surface area (Å²) < 4.78 is 0. The number of hydrogen-bond acceptors (Lipinski definition) is 5. The number of hydrazone groups is 1. The molecule has 0 heterocycles. The maximum atomic E-state index is 5.64. The fourth-order valence-corrected chi connectivity index (χ4v) is 2.67. The first kappa shape index (κ1) is 25.0. The monoisotopic (exact) mass is 420 g/mol. The van der Waals surface area contributed by atoms with E-state index >= 15 is 0 Å². The van der Waals surface area contributed by atoms with Crippen molar-refractivity contribution >= 4 is 28.2 Å². The number of allylic oxidation sites excluding steroid dienone is 4. The highest BCUT2D eigenvalue weighted by Gasteiger charge is 2.11. The average Bonchev–Trinajstić information content (AvgIpc) is 2.78. The minimum Gasteiger partial charge on any atom is -0.404 e. The van der Waals surface area contributed by atoms with Crippen molar-refractivity contribution in [3.05, 3.63) is 102 Å². The molecule has 2 aromatic carbocycles. The van der Waals surface area contributed by atoms with Gasteiger partial charge in [-0.3, -0.25) is 0 Å². The van der Waals surface area contributed by atoms with Crippen LogP contribution < -0.4 is 11.6 Å². The summed E-state index contributed by atoms with van der Waals surface area (Å²) in [6.07, 6.45) is 10.2. The van der Waals surface area contributed by atoms with Crippen LogP contribution in [0.15, 0.2) is 95.2 Å². The molecule has 158 valence electrons. The van der Waals surface area contributed by atoms with Gasteiger partial charge in [-0.25, -0.2) is 4.99 Å². The van der Waals surface area contributed by atoms with E-state index in [9.17, 15) is 0 Å². The molecular formula is C25H32N4S. The maximum Gasteiger partial charge on any atom is 0.0992 e. The second-order valence-electron chi connectivity index (χ2n) is 6.39. The Balaban J connectivity index is 0.000000424. The van der Waals surface area contributed by atoms with Crippen molar-refractivity contribution < 1.29 is 0 Å². The molecule has 0 spiro atoms. The molecule has 0 aliphatic carbocycles. The molecule has 0 saturated carbocycles. The van der Waals surface area contributed by atoms with Crippen LogP contribution in [0.25, 0.3) is 0 Å². The van der Waals surface area contributed by atoms with Crippen LogP contribution in [0.2, 0.25) is 0 Å².